The first kappa shape index (κ1) is 13.6. The van der Waals surface area contributed by atoms with Gasteiger partial charge in [0.15, 0.2) is 5.82 Å². The predicted molar refractivity (Wildman–Crippen MR) is 83.5 cm³/mol. The van der Waals surface area contributed by atoms with Crippen LogP contribution < -0.4 is 5.73 Å². The van der Waals surface area contributed by atoms with E-state index in [1.807, 2.05) is 30.3 Å². The van der Waals surface area contributed by atoms with Crippen molar-refractivity contribution >= 4 is 17.3 Å². The molecule has 1 heterocycles. The van der Waals surface area contributed by atoms with Crippen LogP contribution in [0.4, 0.5) is 5.69 Å². The van der Waals surface area contributed by atoms with E-state index in [-0.39, 0.29) is 0 Å². The van der Waals surface area contributed by atoms with Crippen LogP contribution in [0.2, 0.25) is 5.02 Å². The number of tetrazole rings is 1. The van der Waals surface area contributed by atoms with E-state index in [2.05, 4.69) is 29.4 Å². The van der Waals surface area contributed by atoms with Crippen molar-refractivity contribution in [2.24, 2.45) is 0 Å². The zero-order valence-electron chi connectivity index (χ0n) is 11.7. The van der Waals surface area contributed by atoms with Crippen molar-refractivity contribution in [2.75, 3.05) is 5.73 Å². The van der Waals surface area contributed by atoms with Crippen LogP contribution in [-0.4, -0.2) is 20.2 Å². The summed E-state index contributed by atoms with van der Waals surface area (Å²) < 4.78 is 1.66. The Morgan fingerprint density at radius 2 is 1.90 bits per heavy atom. The van der Waals surface area contributed by atoms with Gasteiger partial charge in [-0.3, -0.25) is 0 Å². The average Bonchev–Trinajstić information content (AvgIpc) is 2.94. The number of nitrogen functional groups attached to an aromatic ring is 1. The Bertz CT molecular complexity index is 810. The topological polar surface area (TPSA) is 69.6 Å². The molecule has 0 bridgehead atoms. The lowest BCUT2D eigenvalue weighted by Crippen LogP contribution is -2.01. The summed E-state index contributed by atoms with van der Waals surface area (Å²) in [6.45, 7) is 4.12. The van der Waals surface area contributed by atoms with Crippen molar-refractivity contribution in [3.8, 4) is 17.1 Å². The monoisotopic (exact) mass is 299 g/mol. The summed E-state index contributed by atoms with van der Waals surface area (Å²) in [7, 11) is 0. The van der Waals surface area contributed by atoms with Gasteiger partial charge >= 0.3 is 0 Å². The van der Waals surface area contributed by atoms with Gasteiger partial charge in [0.25, 0.3) is 0 Å². The van der Waals surface area contributed by atoms with Crippen LogP contribution >= 0.6 is 11.6 Å². The van der Waals surface area contributed by atoms with E-state index in [9.17, 15) is 0 Å². The van der Waals surface area contributed by atoms with Crippen LogP contribution in [0.3, 0.4) is 0 Å². The number of anilines is 1. The molecule has 0 saturated heterocycles. The van der Waals surface area contributed by atoms with Crippen molar-refractivity contribution in [2.45, 2.75) is 13.8 Å². The number of hydrogen-bond donors (Lipinski definition) is 1. The molecule has 0 aliphatic rings. The van der Waals surface area contributed by atoms with Gasteiger partial charge in [0.2, 0.25) is 0 Å². The molecular weight excluding hydrogens is 286 g/mol. The lowest BCUT2D eigenvalue weighted by Gasteiger charge is -2.09. The Kier molecular flexibility index (Phi) is 3.35. The van der Waals surface area contributed by atoms with Gasteiger partial charge in [-0.05, 0) is 59.7 Å². The first-order valence-electron chi connectivity index (χ1n) is 6.48. The summed E-state index contributed by atoms with van der Waals surface area (Å²) in [4.78, 5) is 0. The molecule has 6 heteroatoms. The maximum Gasteiger partial charge on any atom is 0.188 e. The molecule has 0 radical (unpaired) electrons. The Hall–Kier alpha value is -2.40. The van der Waals surface area contributed by atoms with Crippen LogP contribution in [0.5, 0.6) is 0 Å². The highest BCUT2D eigenvalue weighted by molar-refractivity contribution is 6.35. The Labute approximate surface area is 127 Å². The van der Waals surface area contributed by atoms with Crippen LogP contribution in [0.25, 0.3) is 17.1 Å². The van der Waals surface area contributed by atoms with Gasteiger partial charge in [0, 0.05) is 5.56 Å². The third-order valence-corrected chi connectivity index (χ3v) is 3.90. The molecule has 3 aromatic rings. The highest BCUT2D eigenvalue weighted by Gasteiger charge is 2.15. The van der Waals surface area contributed by atoms with Crippen molar-refractivity contribution in [3.63, 3.8) is 0 Å². The highest BCUT2D eigenvalue weighted by atomic mass is 35.5. The number of benzene rings is 2. The summed E-state index contributed by atoms with van der Waals surface area (Å²) in [5.41, 5.74) is 10.3. The number of nitrogens with two attached hydrogens (primary N) is 1. The minimum atomic E-state index is 0.456. The van der Waals surface area contributed by atoms with E-state index in [0.717, 1.165) is 5.69 Å². The number of nitrogens with zero attached hydrogens (tertiary/aromatic N) is 4. The summed E-state index contributed by atoms with van der Waals surface area (Å²) >= 11 is 6.27. The first-order valence-corrected chi connectivity index (χ1v) is 6.86. The third-order valence-electron chi connectivity index (χ3n) is 3.47. The van der Waals surface area contributed by atoms with Crippen molar-refractivity contribution in [3.05, 3.63) is 52.5 Å². The third kappa shape index (κ3) is 2.36. The predicted octanol–water partition coefficient (Wildman–Crippen LogP) is 3.18. The van der Waals surface area contributed by atoms with Crippen LogP contribution in [0.1, 0.15) is 11.1 Å². The molecule has 2 N–H and O–H groups in total. The molecule has 0 atom stereocenters. The number of rotatable bonds is 2. The Morgan fingerprint density at radius 1 is 1.10 bits per heavy atom. The summed E-state index contributed by atoms with van der Waals surface area (Å²) in [6, 6.07) is 11.5. The van der Waals surface area contributed by atoms with Gasteiger partial charge in [-0.15, -0.1) is 5.10 Å². The van der Waals surface area contributed by atoms with Gasteiger partial charge in [-0.1, -0.05) is 23.7 Å². The molecule has 0 amide bonds. The van der Waals surface area contributed by atoms with Gasteiger partial charge < -0.3 is 5.73 Å². The molecule has 0 spiro atoms. The van der Waals surface area contributed by atoms with E-state index in [4.69, 9.17) is 17.3 Å². The highest BCUT2D eigenvalue weighted by Crippen LogP contribution is 2.31. The quantitative estimate of drug-likeness (QED) is 0.738. The second-order valence-corrected chi connectivity index (χ2v) is 5.27. The number of hydrogen-bond acceptors (Lipinski definition) is 4. The number of halogens is 1. The molecule has 2 aromatic carbocycles. The van der Waals surface area contributed by atoms with Gasteiger partial charge in [0.1, 0.15) is 0 Å². The normalized spacial score (nSPS) is 10.8. The average molecular weight is 300 g/mol. The van der Waals surface area contributed by atoms with Crippen LogP contribution in [0, 0.1) is 13.8 Å². The fraction of sp³-hybridized carbons (Fsp3) is 0.133. The molecule has 0 unspecified atom stereocenters. The van der Waals surface area contributed by atoms with E-state index < -0.39 is 0 Å². The fourth-order valence-corrected chi connectivity index (χ4v) is 2.32. The van der Waals surface area contributed by atoms with Gasteiger partial charge in [0.05, 0.1) is 16.4 Å². The molecule has 0 aliphatic carbocycles. The Morgan fingerprint density at radius 3 is 2.67 bits per heavy atom. The van der Waals surface area contributed by atoms with Gasteiger partial charge in [-0.25, -0.2) is 0 Å². The summed E-state index contributed by atoms with van der Waals surface area (Å²) in [6.07, 6.45) is 0. The Balaban J connectivity index is 2.17. The van der Waals surface area contributed by atoms with Crippen LogP contribution in [-0.2, 0) is 0 Å². The smallest absolute Gasteiger partial charge is 0.188 e. The summed E-state index contributed by atoms with van der Waals surface area (Å²) in [5, 5.41) is 12.4. The second kappa shape index (κ2) is 5.18. The van der Waals surface area contributed by atoms with E-state index >= 15 is 0 Å². The minimum absolute atomic E-state index is 0.456. The maximum absolute atomic E-state index is 6.27. The molecule has 0 fully saturated rings. The first-order chi connectivity index (χ1) is 10.1. The molecule has 21 heavy (non-hydrogen) atoms. The maximum atomic E-state index is 6.27. The minimum Gasteiger partial charge on any atom is -0.398 e. The molecule has 0 aliphatic heterocycles. The van der Waals surface area contributed by atoms with E-state index in [1.165, 1.54) is 11.1 Å². The fourth-order valence-electron chi connectivity index (χ4n) is 2.11. The zero-order valence-corrected chi connectivity index (χ0v) is 12.5. The molecule has 106 valence electrons. The second-order valence-electron chi connectivity index (χ2n) is 4.89. The summed E-state index contributed by atoms with van der Waals surface area (Å²) in [5.74, 6) is 0.565. The van der Waals surface area contributed by atoms with Gasteiger partial charge in [-0.2, -0.15) is 4.68 Å². The van der Waals surface area contributed by atoms with Crippen molar-refractivity contribution in [1.82, 2.24) is 20.2 Å². The molecular formula is C15H14ClN5. The molecule has 3 rings (SSSR count). The SMILES string of the molecule is Cc1ccc(-n2nnnc2-c2cccc(N)c2Cl)cc1C. The standard InChI is InChI=1S/C15H14ClN5/c1-9-6-7-11(8-10(9)2)21-15(18-19-20-21)12-4-3-5-13(17)14(12)16/h3-8H,17H2,1-2H3. The van der Waals surface area contributed by atoms with Crippen molar-refractivity contribution < 1.29 is 0 Å². The zero-order chi connectivity index (χ0) is 15.0. The molecule has 1 aromatic heterocycles. The molecule has 0 saturated carbocycles. The van der Waals surface area contributed by atoms with Crippen LogP contribution in [0.15, 0.2) is 36.4 Å². The van der Waals surface area contributed by atoms with Crippen molar-refractivity contribution in [1.29, 1.82) is 0 Å². The largest absolute Gasteiger partial charge is 0.398 e. The lowest BCUT2D eigenvalue weighted by molar-refractivity contribution is 0.790. The number of aromatic nitrogens is 4. The number of aryl methyl sites for hydroxylation is 2. The van der Waals surface area contributed by atoms with E-state index in [1.54, 1.807) is 10.7 Å². The molecule has 5 nitrogen and oxygen atoms in total. The van der Waals surface area contributed by atoms with E-state index in [0.29, 0.717) is 22.1 Å². The lowest BCUT2D eigenvalue weighted by atomic mass is 10.1.